The molecule has 35 heavy (non-hydrogen) atoms. The molecular formula is C24H23N5O5S. The zero-order chi connectivity index (χ0) is 25.0. The fraction of sp³-hybridized carbons (Fsp3) is 0.208. The molecule has 0 atom stereocenters. The van der Waals surface area contributed by atoms with Crippen LogP contribution in [-0.4, -0.2) is 60.8 Å². The Labute approximate surface area is 202 Å². The van der Waals surface area contributed by atoms with Crippen molar-refractivity contribution in [1.82, 2.24) is 15.0 Å². The van der Waals surface area contributed by atoms with Gasteiger partial charge in [0, 0.05) is 42.0 Å². The highest BCUT2D eigenvalue weighted by atomic mass is 32.2. The molecule has 1 aliphatic rings. The van der Waals surface area contributed by atoms with Gasteiger partial charge in [0.2, 0.25) is 0 Å². The summed E-state index contributed by atoms with van der Waals surface area (Å²) in [5, 5.41) is 8.62. The molecule has 0 fully saturated rings. The smallest absolute Gasteiger partial charge is 0.275 e. The van der Waals surface area contributed by atoms with Gasteiger partial charge in [-0.05, 0) is 49.2 Å². The summed E-state index contributed by atoms with van der Waals surface area (Å²) in [5.74, 6) is -0.455. The Morgan fingerprint density at radius 3 is 2.51 bits per heavy atom. The maximum absolute atomic E-state index is 13.0. The number of carbonyl (C=O) groups is 2. The molecule has 2 amide bonds. The van der Waals surface area contributed by atoms with Crippen molar-refractivity contribution in [3.05, 3.63) is 77.9 Å². The average Bonchev–Trinajstić information content (AvgIpc) is 2.88. The van der Waals surface area contributed by atoms with E-state index in [0.29, 0.717) is 41.9 Å². The second kappa shape index (κ2) is 10.0. The highest BCUT2D eigenvalue weighted by molar-refractivity contribution is 7.90. The van der Waals surface area contributed by atoms with Crippen LogP contribution in [-0.2, 0) is 9.84 Å². The van der Waals surface area contributed by atoms with Crippen molar-refractivity contribution in [3.8, 4) is 5.75 Å². The van der Waals surface area contributed by atoms with Crippen LogP contribution in [0.1, 0.15) is 39.3 Å². The molecule has 4 rings (SSSR count). The highest BCUT2D eigenvalue weighted by Gasteiger charge is 2.22. The Balaban J connectivity index is 1.50. The van der Waals surface area contributed by atoms with E-state index in [-0.39, 0.29) is 22.2 Å². The monoisotopic (exact) mass is 493 g/mol. The molecule has 3 aromatic rings. The van der Waals surface area contributed by atoms with Gasteiger partial charge < -0.3 is 10.1 Å². The molecule has 2 aromatic carbocycles. The minimum Gasteiger partial charge on any atom is -0.495 e. The molecule has 0 radical (unpaired) electrons. The molecule has 0 saturated carbocycles. The number of nitrogens with one attached hydrogen (secondary N) is 1. The summed E-state index contributed by atoms with van der Waals surface area (Å²) < 4.78 is 29.2. The molecule has 0 aliphatic carbocycles. The van der Waals surface area contributed by atoms with E-state index in [1.165, 1.54) is 36.8 Å². The number of methoxy groups -OCH3 is 1. The number of sulfone groups is 1. The van der Waals surface area contributed by atoms with Crippen LogP contribution in [0.25, 0.3) is 0 Å². The summed E-state index contributed by atoms with van der Waals surface area (Å²) in [5.41, 5.74) is 2.46. The Morgan fingerprint density at radius 2 is 1.86 bits per heavy atom. The van der Waals surface area contributed by atoms with E-state index in [4.69, 9.17) is 4.74 Å². The lowest BCUT2D eigenvalue weighted by atomic mass is 10.0. The van der Waals surface area contributed by atoms with E-state index >= 15 is 0 Å². The van der Waals surface area contributed by atoms with Crippen LogP contribution < -0.4 is 10.1 Å². The first-order valence-corrected chi connectivity index (χ1v) is 12.6. The normalized spacial score (nSPS) is 13.7. The summed E-state index contributed by atoms with van der Waals surface area (Å²) in [6, 6.07) is 11.3. The number of rotatable bonds is 6. The first-order valence-electron chi connectivity index (χ1n) is 10.7. The number of aromatic nitrogens is 2. The van der Waals surface area contributed by atoms with Crippen LogP contribution in [0.4, 0.5) is 5.69 Å². The van der Waals surface area contributed by atoms with E-state index in [1.807, 2.05) is 0 Å². The zero-order valence-electron chi connectivity index (χ0n) is 19.1. The van der Waals surface area contributed by atoms with Gasteiger partial charge in [0.1, 0.15) is 16.3 Å². The molecule has 0 saturated heterocycles. The molecule has 1 N–H and O–H groups in total. The molecular weight excluding hydrogens is 470 g/mol. The third-order valence-corrected chi connectivity index (χ3v) is 6.48. The fourth-order valence-corrected chi connectivity index (χ4v) is 4.42. The minimum atomic E-state index is -3.44. The number of anilines is 1. The average molecular weight is 494 g/mol. The third-order valence-electron chi connectivity index (χ3n) is 5.34. The standard InChI is InChI=1S/C24H23N5O5S/c1-34-21-14-17(7-10-22(21)35(2,32)33)19-4-3-13-29(28-19)24(31)16-5-8-18(9-6-16)27-23(30)20-15-25-11-12-26-20/h5-12,14-15H,3-4,13H2,1-2H3,(H,27,30). The maximum Gasteiger partial charge on any atom is 0.275 e. The van der Waals surface area contributed by atoms with Crippen LogP contribution >= 0.6 is 0 Å². The lowest BCUT2D eigenvalue weighted by molar-refractivity contribution is 0.0751. The van der Waals surface area contributed by atoms with Gasteiger partial charge in [0.15, 0.2) is 9.84 Å². The summed E-state index contributed by atoms with van der Waals surface area (Å²) in [6.45, 7) is 0.450. The Bertz CT molecular complexity index is 1390. The van der Waals surface area contributed by atoms with E-state index in [1.54, 1.807) is 36.4 Å². The van der Waals surface area contributed by atoms with Crippen LogP contribution in [0.15, 0.2) is 71.1 Å². The van der Waals surface area contributed by atoms with Gasteiger partial charge in [-0.2, -0.15) is 5.10 Å². The maximum atomic E-state index is 13.0. The Kier molecular flexibility index (Phi) is 6.87. The summed E-state index contributed by atoms with van der Waals surface area (Å²) in [4.78, 5) is 33.2. The minimum absolute atomic E-state index is 0.0968. The third kappa shape index (κ3) is 5.52. The summed E-state index contributed by atoms with van der Waals surface area (Å²) in [6.07, 6.45) is 6.73. The molecule has 10 nitrogen and oxygen atoms in total. The first-order chi connectivity index (χ1) is 16.8. The number of nitrogens with zero attached hydrogens (tertiary/aromatic N) is 4. The number of hydrazone groups is 1. The molecule has 180 valence electrons. The molecule has 0 unspecified atom stereocenters. The molecule has 0 spiro atoms. The second-order valence-electron chi connectivity index (χ2n) is 7.84. The van der Waals surface area contributed by atoms with Crippen molar-refractivity contribution in [2.75, 3.05) is 25.2 Å². The lowest BCUT2D eigenvalue weighted by Crippen LogP contribution is -2.32. The van der Waals surface area contributed by atoms with E-state index in [0.717, 1.165) is 6.26 Å². The SMILES string of the molecule is COc1cc(C2=NN(C(=O)c3ccc(NC(=O)c4cnccn4)cc3)CCC2)ccc1S(C)(=O)=O. The largest absolute Gasteiger partial charge is 0.495 e. The molecule has 0 bridgehead atoms. The number of carbonyl (C=O) groups excluding carboxylic acids is 2. The first kappa shape index (κ1) is 24.0. The van der Waals surface area contributed by atoms with Crippen molar-refractivity contribution < 1.29 is 22.7 Å². The Morgan fingerprint density at radius 1 is 1.09 bits per heavy atom. The number of benzene rings is 2. The van der Waals surface area contributed by atoms with Gasteiger partial charge in [-0.25, -0.2) is 18.4 Å². The van der Waals surface area contributed by atoms with Gasteiger partial charge in [-0.1, -0.05) is 6.07 Å². The summed E-state index contributed by atoms with van der Waals surface area (Å²) >= 11 is 0. The number of hydrogen-bond acceptors (Lipinski definition) is 8. The van der Waals surface area contributed by atoms with Gasteiger partial charge in [-0.3, -0.25) is 14.6 Å². The van der Waals surface area contributed by atoms with Crippen molar-refractivity contribution in [2.45, 2.75) is 17.7 Å². The molecule has 11 heteroatoms. The lowest BCUT2D eigenvalue weighted by Gasteiger charge is -2.24. The van der Waals surface area contributed by atoms with Crippen molar-refractivity contribution in [2.24, 2.45) is 5.10 Å². The van der Waals surface area contributed by atoms with Gasteiger partial charge in [0.25, 0.3) is 11.8 Å². The summed E-state index contributed by atoms with van der Waals surface area (Å²) in [7, 11) is -2.03. The second-order valence-corrected chi connectivity index (χ2v) is 9.82. The van der Waals surface area contributed by atoms with Crippen LogP contribution in [0, 0.1) is 0 Å². The van der Waals surface area contributed by atoms with E-state index < -0.39 is 15.7 Å². The fourth-order valence-electron chi connectivity index (χ4n) is 3.60. The van der Waals surface area contributed by atoms with Gasteiger partial charge in [0.05, 0.1) is 19.0 Å². The van der Waals surface area contributed by atoms with Crippen LogP contribution in [0.5, 0.6) is 5.75 Å². The highest BCUT2D eigenvalue weighted by Crippen LogP contribution is 2.27. The Hall–Kier alpha value is -4.12. The van der Waals surface area contributed by atoms with Gasteiger partial charge >= 0.3 is 0 Å². The predicted molar refractivity (Wildman–Crippen MR) is 129 cm³/mol. The number of ether oxygens (including phenoxy) is 1. The predicted octanol–water partition coefficient (Wildman–Crippen LogP) is 2.78. The van der Waals surface area contributed by atoms with Crippen molar-refractivity contribution >= 4 is 33.1 Å². The number of hydrogen-bond donors (Lipinski definition) is 1. The molecule has 1 aromatic heterocycles. The topological polar surface area (TPSA) is 131 Å². The molecule has 1 aliphatic heterocycles. The van der Waals surface area contributed by atoms with E-state index in [9.17, 15) is 18.0 Å². The quantitative estimate of drug-likeness (QED) is 0.559. The molecule has 2 heterocycles. The zero-order valence-corrected chi connectivity index (χ0v) is 19.9. The van der Waals surface area contributed by atoms with Crippen molar-refractivity contribution in [3.63, 3.8) is 0 Å². The van der Waals surface area contributed by atoms with Crippen LogP contribution in [0.2, 0.25) is 0 Å². The van der Waals surface area contributed by atoms with E-state index in [2.05, 4.69) is 20.4 Å². The van der Waals surface area contributed by atoms with Crippen molar-refractivity contribution in [1.29, 1.82) is 0 Å². The number of amides is 2. The van der Waals surface area contributed by atoms with Gasteiger partial charge in [-0.15, -0.1) is 0 Å². The van der Waals surface area contributed by atoms with Crippen LogP contribution in [0.3, 0.4) is 0 Å².